The summed E-state index contributed by atoms with van der Waals surface area (Å²) in [4.78, 5) is 13.9. The van der Waals surface area contributed by atoms with Crippen molar-refractivity contribution in [2.24, 2.45) is 0 Å². The predicted molar refractivity (Wildman–Crippen MR) is 78.7 cm³/mol. The van der Waals surface area contributed by atoms with Gasteiger partial charge in [-0.2, -0.15) is 0 Å². The summed E-state index contributed by atoms with van der Waals surface area (Å²) >= 11 is 0. The number of benzene rings is 1. The van der Waals surface area contributed by atoms with Crippen molar-refractivity contribution >= 4 is 6.09 Å². The minimum atomic E-state index is -0.780. The molecule has 21 heavy (non-hydrogen) atoms. The molecule has 2 rings (SSSR count). The molecule has 0 saturated carbocycles. The molecule has 1 aromatic carbocycles. The molecule has 0 aromatic heterocycles. The number of carbonyl (C=O) groups is 1. The van der Waals surface area contributed by atoms with Gasteiger partial charge >= 0.3 is 6.09 Å². The lowest BCUT2D eigenvalue weighted by Crippen LogP contribution is -2.45. The molecule has 1 saturated heterocycles. The van der Waals surface area contributed by atoms with Crippen LogP contribution in [0, 0.1) is 0 Å². The fraction of sp³-hybridized carbons (Fsp3) is 0.562. The maximum Gasteiger partial charge on any atom is 0.410 e. The number of nitrogens with zero attached hydrogens (tertiary/aromatic N) is 1. The van der Waals surface area contributed by atoms with Gasteiger partial charge in [-0.3, -0.25) is 0 Å². The summed E-state index contributed by atoms with van der Waals surface area (Å²) in [7, 11) is 0. The van der Waals surface area contributed by atoms with E-state index < -0.39 is 6.10 Å². The summed E-state index contributed by atoms with van der Waals surface area (Å²) < 4.78 is 5.36. The molecule has 5 nitrogen and oxygen atoms in total. The molecule has 1 aromatic rings. The quantitative estimate of drug-likeness (QED) is 0.870. The smallest absolute Gasteiger partial charge is 0.410 e. The molecule has 0 radical (unpaired) electrons. The third-order valence-corrected chi connectivity index (χ3v) is 3.82. The van der Waals surface area contributed by atoms with Gasteiger partial charge in [-0.1, -0.05) is 30.3 Å². The topological polar surface area (TPSA) is 70.0 Å². The number of hydrogen-bond acceptors (Lipinski definition) is 4. The molecular formula is C16H23NO4. The highest BCUT2D eigenvalue weighted by Crippen LogP contribution is 2.22. The summed E-state index contributed by atoms with van der Waals surface area (Å²) in [6.07, 6.45) is 2.11. The molecule has 2 atom stereocenters. The summed E-state index contributed by atoms with van der Waals surface area (Å²) in [5.74, 6) is 0. The monoisotopic (exact) mass is 293 g/mol. The van der Waals surface area contributed by atoms with Gasteiger partial charge in [0.15, 0.2) is 0 Å². The zero-order valence-corrected chi connectivity index (χ0v) is 12.1. The molecule has 0 bridgehead atoms. The highest BCUT2D eigenvalue weighted by atomic mass is 16.6. The van der Waals surface area contributed by atoms with Crippen LogP contribution < -0.4 is 0 Å². The molecule has 116 valence electrons. The van der Waals surface area contributed by atoms with E-state index >= 15 is 0 Å². The number of aliphatic hydroxyl groups excluding tert-OH is 2. The van der Waals surface area contributed by atoms with Crippen molar-refractivity contribution in [2.45, 2.75) is 44.4 Å². The lowest BCUT2D eigenvalue weighted by Gasteiger charge is -2.35. The zero-order chi connectivity index (χ0) is 15.1. The van der Waals surface area contributed by atoms with E-state index in [0.717, 1.165) is 24.8 Å². The van der Waals surface area contributed by atoms with E-state index in [2.05, 4.69) is 0 Å². The van der Waals surface area contributed by atoms with Gasteiger partial charge < -0.3 is 19.8 Å². The van der Waals surface area contributed by atoms with Crippen LogP contribution in [0.5, 0.6) is 0 Å². The van der Waals surface area contributed by atoms with Gasteiger partial charge in [0.25, 0.3) is 0 Å². The fourth-order valence-electron chi connectivity index (χ4n) is 2.68. The highest BCUT2D eigenvalue weighted by Gasteiger charge is 2.29. The molecular weight excluding hydrogens is 270 g/mol. The number of ether oxygens (including phenoxy) is 1. The molecule has 0 unspecified atom stereocenters. The molecule has 0 spiro atoms. The van der Waals surface area contributed by atoms with Crippen LogP contribution in [0.3, 0.4) is 0 Å². The van der Waals surface area contributed by atoms with Gasteiger partial charge in [0.2, 0.25) is 0 Å². The Morgan fingerprint density at radius 2 is 2.10 bits per heavy atom. The first-order valence-electron chi connectivity index (χ1n) is 7.47. The maximum atomic E-state index is 12.2. The van der Waals surface area contributed by atoms with Crippen LogP contribution >= 0.6 is 0 Å². The predicted octanol–water partition coefficient (Wildman–Crippen LogP) is 1.92. The Kier molecular flexibility index (Phi) is 6.02. The Morgan fingerprint density at radius 1 is 1.33 bits per heavy atom. The number of rotatable bonds is 5. The minimum Gasteiger partial charge on any atom is -0.445 e. The van der Waals surface area contributed by atoms with Crippen molar-refractivity contribution in [3.05, 3.63) is 35.9 Å². The molecule has 1 heterocycles. The Morgan fingerprint density at radius 3 is 2.81 bits per heavy atom. The molecule has 5 heteroatoms. The molecule has 2 N–H and O–H groups in total. The van der Waals surface area contributed by atoms with Crippen LogP contribution in [0.15, 0.2) is 30.3 Å². The van der Waals surface area contributed by atoms with Crippen LogP contribution in [-0.4, -0.2) is 46.5 Å². The second kappa shape index (κ2) is 8.00. The second-order valence-corrected chi connectivity index (χ2v) is 5.46. The fourth-order valence-corrected chi connectivity index (χ4v) is 2.68. The first kappa shape index (κ1) is 15.8. The van der Waals surface area contributed by atoms with E-state index in [4.69, 9.17) is 9.84 Å². The van der Waals surface area contributed by atoms with Crippen molar-refractivity contribution in [1.29, 1.82) is 0 Å². The van der Waals surface area contributed by atoms with Gasteiger partial charge in [0, 0.05) is 12.6 Å². The van der Waals surface area contributed by atoms with Crippen LogP contribution in [0.4, 0.5) is 4.79 Å². The van der Waals surface area contributed by atoms with E-state index in [1.165, 1.54) is 0 Å². The number of aliphatic hydroxyl groups is 2. The van der Waals surface area contributed by atoms with E-state index in [1.807, 2.05) is 30.3 Å². The summed E-state index contributed by atoms with van der Waals surface area (Å²) in [6, 6.07) is 9.51. The lowest BCUT2D eigenvalue weighted by atomic mass is 9.97. The van der Waals surface area contributed by atoms with Crippen LogP contribution in [0.2, 0.25) is 0 Å². The summed E-state index contributed by atoms with van der Waals surface area (Å²) in [6.45, 7) is 0.630. The second-order valence-electron chi connectivity index (χ2n) is 5.46. The molecule has 1 amide bonds. The molecule has 1 aliphatic rings. The van der Waals surface area contributed by atoms with Crippen molar-refractivity contribution in [2.75, 3.05) is 13.2 Å². The summed E-state index contributed by atoms with van der Waals surface area (Å²) in [5.41, 5.74) is 0.954. The standard InChI is InChI=1S/C16H23NO4/c18-11-15(19)10-14-8-4-5-9-17(14)16(20)21-12-13-6-2-1-3-7-13/h1-3,6-7,14-15,18-19H,4-5,8-12H2/t14-,15+/m1/s1. The third-order valence-electron chi connectivity index (χ3n) is 3.82. The third kappa shape index (κ3) is 4.72. The normalized spacial score (nSPS) is 20.1. The Labute approximate surface area is 125 Å². The van der Waals surface area contributed by atoms with Crippen LogP contribution in [0.25, 0.3) is 0 Å². The van der Waals surface area contributed by atoms with E-state index in [1.54, 1.807) is 4.90 Å². The van der Waals surface area contributed by atoms with Gasteiger partial charge in [-0.25, -0.2) is 4.79 Å². The lowest BCUT2D eigenvalue weighted by molar-refractivity contribution is 0.0317. The SMILES string of the molecule is O=C(OCc1ccccc1)N1CCCC[C@@H]1C[C@H](O)CO. The van der Waals surface area contributed by atoms with Gasteiger partial charge in [0.05, 0.1) is 12.7 Å². The van der Waals surface area contributed by atoms with Gasteiger partial charge in [-0.05, 0) is 31.2 Å². The van der Waals surface area contributed by atoms with Crippen molar-refractivity contribution < 1.29 is 19.7 Å². The van der Waals surface area contributed by atoms with Gasteiger partial charge in [0.1, 0.15) is 6.61 Å². The molecule has 0 aliphatic carbocycles. The highest BCUT2D eigenvalue weighted by molar-refractivity contribution is 5.68. The van der Waals surface area contributed by atoms with E-state index in [0.29, 0.717) is 13.0 Å². The Balaban J connectivity index is 1.89. The van der Waals surface area contributed by atoms with E-state index in [9.17, 15) is 9.90 Å². The number of carbonyl (C=O) groups excluding carboxylic acids is 1. The number of likely N-dealkylation sites (tertiary alicyclic amines) is 1. The maximum absolute atomic E-state index is 12.2. The van der Waals surface area contributed by atoms with Gasteiger partial charge in [-0.15, -0.1) is 0 Å². The average molecular weight is 293 g/mol. The minimum absolute atomic E-state index is 0.0517. The Hall–Kier alpha value is -1.59. The van der Waals surface area contributed by atoms with Crippen molar-refractivity contribution in [3.8, 4) is 0 Å². The zero-order valence-electron chi connectivity index (χ0n) is 12.1. The summed E-state index contributed by atoms with van der Waals surface area (Å²) in [5, 5.41) is 18.5. The number of amides is 1. The molecule has 1 fully saturated rings. The number of hydrogen-bond donors (Lipinski definition) is 2. The first-order valence-corrected chi connectivity index (χ1v) is 7.47. The van der Waals surface area contributed by atoms with Crippen LogP contribution in [-0.2, 0) is 11.3 Å². The number of piperidine rings is 1. The first-order chi connectivity index (χ1) is 10.2. The molecule has 1 aliphatic heterocycles. The largest absolute Gasteiger partial charge is 0.445 e. The average Bonchev–Trinajstić information content (AvgIpc) is 2.54. The Bertz CT molecular complexity index is 437. The van der Waals surface area contributed by atoms with Crippen molar-refractivity contribution in [3.63, 3.8) is 0 Å². The van der Waals surface area contributed by atoms with Crippen LogP contribution in [0.1, 0.15) is 31.2 Å². The van der Waals surface area contributed by atoms with Crippen molar-refractivity contribution in [1.82, 2.24) is 4.90 Å². The van der Waals surface area contributed by atoms with E-state index in [-0.39, 0.29) is 25.3 Å².